The molecular formula is C23H34N2O2. The smallest absolute Gasteiger partial charge is 0.227 e. The van der Waals surface area contributed by atoms with E-state index in [1.165, 1.54) is 6.42 Å². The van der Waals surface area contributed by atoms with Crippen LogP contribution in [0.25, 0.3) is 0 Å². The first-order chi connectivity index (χ1) is 13.0. The molecule has 0 radical (unpaired) electrons. The number of aryl methyl sites for hydroxylation is 2. The highest BCUT2D eigenvalue weighted by atomic mass is 16.2. The summed E-state index contributed by atoms with van der Waals surface area (Å²) in [4.78, 5) is 27.8. The fourth-order valence-electron chi connectivity index (χ4n) is 4.84. The molecule has 2 aliphatic rings. The average Bonchev–Trinajstić information content (AvgIpc) is 2.66. The van der Waals surface area contributed by atoms with Crippen molar-refractivity contribution in [3.63, 3.8) is 0 Å². The van der Waals surface area contributed by atoms with Gasteiger partial charge in [0.25, 0.3) is 0 Å². The molecule has 4 nitrogen and oxygen atoms in total. The molecule has 1 saturated heterocycles. The van der Waals surface area contributed by atoms with Gasteiger partial charge in [-0.1, -0.05) is 13.0 Å². The Bertz CT molecular complexity index is 657. The van der Waals surface area contributed by atoms with Gasteiger partial charge >= 0.3 is 0 Å². The maximum Gasteiger partial charge on any atom is 0.227 e. The van der Waals surface area contributed by atoms with Gasteiger partial charge in [-0.25, -0.2) is 0 Å². The van der Waals surface area contributed by atoms with Gasteiger partial charge in [0.1, 0.15) is 0 Å². The topological polar surface area (TPSA) is 49.4 Å². The normalized spacial score (nSPS) is 25.9. The molecule has 1 aliphatic carbocycles. The monoisotopic (exact) mass is 370 g/mol. The second-order valence-electron chi connectivity index (χ2n) is 8.50. The molecule has 27 heavy (non-hydrogen) atoms. The van der Waals surface area contributed by atoms with Crippen LogP contribution in [0.5, 0.6) is 0 Å². The lowest BCUT2D eigenvalue weighted by Crippen LogP contribution is -2.47. The summed E-state index contributed by atoms with van der Waals surface area (Å²) in [5, 5.41) is 3.08. The fraction of sp³-hybridized carbons (Fsp3) is 0.652. The summed E-state index contributed by atoms with van der Waals surface area (Å²) in [5.74, 6) is 0.589. The van der Waals surface area contributed by atoms with Crippen LogP contribution in [0.3, 0.4) is 0 Å². The average molecular weight is 371 g/mol. The van der Waals surface area contributed by atoms with Crippen molar-refractivity contribution in [3.8, 4) is 0 Å². The zero-order valence-corrected chi connectivity index (χ0v) is 17.1. The molecule has 1 heterocycles. The van der Waals surface area contributed by atoms with Crippen molar-refractivity contribution in [1.82, 2.24) is 4.90 Å². The number of hydrogen-bond acceptors (Lipinski definition) is 2. The van der Waals surface area contributed by atoms with Crippen molar-refractivity contribution in [3.05, 3.63) is 29.3 Å². The third-order valence-electron chi connectivity index (χ3n) is 6.32. The minimum atomic E-state index is 0.0261. The van der Waals surface area contributed by atoms with Gasteiger partial charge in [-0.3, -0.25) is 9.59 Å². The minimum Gasteiger partial charge on any atom is -0.339 e. The van der Waals surface area contributed by atoms with E-state index in [1.54, 1.807) is 0 Å². The van der Waals surface area contributed by atoms with Crippen molar-refractivity contribution >= 4 is 17.5 Å². The molecule has 0 bridgehead atoms. The number of anilines is 1. The summed E-state index contributed by atoms with van der Waals surface area (Å²) in [5.41, 5.74) is 3.20. The summed E-state index contributed by atoms with van der Waals surface area (Å²) < 4.78 is 0. The van der Waals surface area contributed by atoms with Crippen LogP contribution in [0.15, 0.2) is 18.2 Å². The van der Waals surface area contributed by atoms with Crippen molar-refractivity contribution in [1.29, 1.82) is 0 Å². The molecule has 2 fully saturated rings. The quantitative estimate of drug-likeness (QED) is 0.824. The number of benzene rings is 1. The van der Waals surface area contributed by atoms with E-state index in [1.807, 2.05) is 26.0 Å². The van der Waals surface area contributed by atoms with Crippen LogP contribution in [0.1, 0.15) is 69.4 Å². The van der Waals surface area contributed by atoms with E-state index in [9.17, 15) is 9.59 Å². The van der Waals surface area contributed by atoms with E-state index in [-0.39, 0.29) is 17.7 Å². The number of amides is 2. The molecule has 1 unspecified atom stereocenters. The van der Waals surface area contributed by atoms with Crippen molar-refractivity contribution in [2.75, 3.05) is 11.9 Å². The highest BCUT2D eigenvalue weighted by Crippen LogP contribution is 2.33. The number of carbonyl (C=O) groups excluding carboxylic acids is 2. The molecule has 148 valence electrons. The van der Waals surface area contributed by atoms with Crippen LogP contribution in [-0.2, 0) is 9.59 Å². The van der Waals surface area contributed by atoms with E-state index in [4.69, 9.17) is 0 Å². The molecule has 1 saturated carbocycles. The van der Waals surface area contributed by atoms with Crippen molar-refractivity contribution < 1.29 is 9.59 Å². The summed E-state index contributed by atoms with van der Waals surface area (Å²) in [7, 11) is 0. The molecular weight excluding hydrogens is 336 g/mol. The Morgan fingerprint density at radius 1 is 0.963 bits per heavy atom. The van der Waals surface area contributed by atoms with Crippen LogP contribution in [-0.4, -0.2) is 29.3 Å². The van der Waals surface area contributed by atoms with Crippen molar-refractivity contribution in [2.24, 2.45) is 11.8 Å². The molecule has 1 aromatic rings. The van der Waals surface area contributed by atoms with Gasteiger partial charge in [0.15, 0.2) is 0 Å². The molecule has 1 aliphatic heterocycles. The van der Waals surface area contributed by atoms with Gasteiger partial charge in [-0.05, 0) is 88.5 Å². The van der Waals surface area contributed by atoms with E-state index >= 15 is 0 Å². The van der Waals surface area contributed by atoms with Crippen LogP contribution in [0, 0.1) is 25.7 Å². The molecule has 0 aromatic heterocycles. The number of carbonyl (C=O) groups is 2. The summed E-state index contributed by atoms with van der Waals surface area (Å²) in [6, 6.07) is 6.57. The van der Waals surface area contributed by atoms with Gasteiger partial charge in [-0.2, -0.15) is 0 Å². The zero-order chi connectivity index (χ0) is 19.4. The number of rotatable bonds is 4. The first-order valence-corrected chi connectivity index (χ1v) is 10.7. The number of nitrogens with zero attached hydrogens (tertiary/aromatic N) is 1. The minimum absolute atomic E-state index is 0.0261. The Hall–Kier alpha value is -1.84. The Morgan fingerprint density at radius 3 is 2.22 bits per heavy atom. The molecule has 2 amide bonds. The Morgan fingerprint density at radius 2 is 1.59 bits per heavy atom. The van der Waals surface area contributed by atoms with Gasteiger partial charge in [-0.15, -0.1) is 0 Å². The highest BCUT2D eigenvalue weighted by Gasteiger charge is 2.34. The lowest BCUT2D eigenvalue weighted by molar-refractivity contribution is -0.141. The zero-order valence-electron chi connectivity index (χ0n) is 17.1. The maximum absolute atomic E-state index is 13.0. The third kappa shape index (κ3) is 4.91. The van der Waals surface area contributed by atoms with Crippen LogP contribution in [0.4, 0.5) is 5.69 Å². The van der Waals surface area contributed by atoms with Gasteiger partial charge in [0.05, 0.1) is 0 Å². The summed E-state index contributed by atoms with van der Waals surface area (Å²) >= 11 is 0. The highest BCUT2D eigenvalue weighted by molar-refractivity contribution is 5.93. The number of likely N-dealkylation sites (tertiary alicyclic amines) is 1. The molecule has 4 heteroatoms. The van der Waals surface area contributed by atoms with E-state index in [2.05, 4.69) is 23.2 Å². The van der Waals surface area contributed by atoms with Gasteiger partial charge in [0.2, 0.25) is 11.8 Å². The van der Waals surface area contributed by atoms with Gasteiger partial charge < -0.3 is 10.2 Å². The van der Waals surface area contributed by atoms with Crippen LogP contribution in [0.2, 0.25) is 0 Å². The standard InChI is InChI=1S/C23H34N2O2/c1-4-21-7-5-6-12-25(21)23(27)19-10-8-18(9-11-19)22(26)24-20-14-16(2)13-17(3)15-20/h13-15,18-19,21H,4-12H2,1-3H3,(H,24,26). The fourth-order valence-corrected chi connectivity index (χ4v) is 4.84. The summed E-state index contributed by atoms with van der Waals surface area (Å²) in [6.07, 6.45) is 7.90. The SMILES string of the molecule is CCC1CCCCN1C(=O)C1CCC(C(=O)Nc2cc(C)cc(C)c2)CC1. The lowest BCUT2D eigenvalue weighted by Gasteiger charge is -2.39. The van der Waals surface area contributed by atoms with Crippen LogP contribution < -0.4 is 5.32 Å². The van der Waals surface area contributed by atoms with Gasteiger partial charge in [0, 0.05) is 30.1 Å². The second-order valence-corrected chi connectivity index (χ2v) is 8.50. The molecule has 1 aromatic carbocycles. The summed E-state index contributed by atoms with van der Waals surface area (Å²) in [6.45, 7) is 7.20. The third-order valence-corrected chi connectivity index (χ3v) is 6.32. The molecule has 3 rings (SSSR count). The largest absolute Gasteiger partial charge is 0.339 e. The van der Waals surface area contributed by atoms with E-state index in [0.29, 0.717) is 11.9 Å². The Kier molecular flexibility index (Phi) is 6.56. The Balaban J connectivity index is 1.53. The molecule has 1 atom stereocenters. The van der Waals surface area contributed by atoms with E-state index < -0.39 is 0 Å². The first-order valence-electron chi connectivity index (χ1n) is 10.7. The number of nitrogens with one attached hydrogen (secondary N) is 1. The first kappa shape index (κ1) is 19.9. The predicted octanol–water partition coefficient (Wildman–Crippen LogP) is 4.84. The van der Waals surface area contributed by atoms with E-state index in [0.717, 1.165) is 68.3 Å². The predicted molar refractivity (Wildman–Crippen MR) is 110 cm³/mol. The molecule has 0 spiro atoms. The number of hydrogen-bond donors (Lipinski definition) is 1. The maximum atomic E-state index is 13.0. The number of piperidine rings is 1. The molecule has 1 N–H and O–H groups in total. The Labute approximate surface area is 163 Å². The van der Waals surface area contributed by atoms with Crippen molar-refractivity contribution in [2.45, 2.75) is 78.2 Å². The van der Waals surface area contributed by atoms with Crippen LogP contribution >= 0.6 is 0 Å². The lowest BCUT2D eigenvalue weighted by atomic mass is 9.80. The second kappa shape index (κ2) is 8.90.